The molecule has 2 aliphatic heterocycles. The summed E-state index contributed by atoms with van der Waals surface area (Å²) >= 11 is 0. The Bertz CT molecular complexity index is 911. The molecule has 2 aliphatic rings. The molecule has 2 fully saturated rings. The van der Waals surface area contributed by atoms with E-state index < -0.39 is 6.04 Å². The number of benzene rings is 2. The van der Waals surface area contributed by atoms with Crippen molar-refractivity contribution in [2.75, 3.05) is 26.7 Å². The third kappa shape index (κ3) is 5.23. The summed E-state index contributed by atoms with van der Waals surface area (Å²) < 4.78 is 11.6. The second-order valence-electron chi connectivity index (χ2n) is 8.56. The third-order valence-corrected chi connectivity index (χ3v) is 6.35. The van der Waals surface area contributed by atoms with E-state index in [1.807, 2.05) is 47.4 Å². The predicted molar refractivity (Wildman–Crippen MR) is 123 cm³/mol. The van der Waals surface area contributed by atoms with E-state index in [1.165, 1.54) is 5.56 Å². The zero-order valence-corrected chi connectivity index (χ0v) is 18.7. The van der Waals surface area contributed by atoms with Gasteiger partial charge in [-0.15, -0.1) is 0 Å². The number of nitrogens with zero attached hydrogens (tertiary/aromatic N) is 2. The molecule has 2 heterocycles. The Morgan fingerprint density at radius 3 is 2.38 bits per heavy atom. The lowest BCUT2D eigenvalue weighted by atomic mass is 10.1. The number of ether oxygens (including phenoxy) is 2. The van der Waals surface area contributed by atoms with Crippen molar-refractivity contribution in [3.63, 3.8) is 0 Å². The van der Waals surface area contributed by atoms with Gasteiger partial charge in [-0.2, -0.15) is 0 Å². The number of amides is 2. The number of carbonyl (C=O) groups is 2. The second-order valence-corrected chi connectivity index (χ2v) is 8.56. The summed E-state index contributed by atoms with van der Waals surface area (Å²) in [6.07, 6.45) is 4.39. The minimum atomic E-state index is -0.447. The molecule has 2 amide bonds. The van der Waals surface area contributed by atoms with Crippen LogP contribution in [-0.4, -0.2) is 60.5 Å². The van der Waals surface area contributed by atoms with Crippen molar-refractivity contribution < 1.29 is 19.1 Å². The Labute approximate surface area is 190 Å². The van der Waals surface area contributed by atoms with Gasteiger partial charge in [0.15, 0.2) is 11.5 Å². The fourth-order valence-corrected chi connectivity index (χ4v) is 4.67. The minimum Gasteiger partial charge on any atom is -0.493 e. The number of likely N-dealkylation sites (tertiary alicyclic amines) is 2. The molecule has 0 radical (unpaired) electrons. The van der Waals surface area contributed by atoms with E-state index in [0.29, 0.717) is 30.9 Å². The molecule has 4 rings (SSSR count). The predicted octanol–water partition coefficient (Wildman–Crippen LogP) is 3.69. The van der Waals surface area contributed by atoms with Crippen LogP contribution in [0, 0.1) is 0 Å². The molecule has 0 spiro atoms. The Hall–Kier alpha value is -3.02. The smallest absolute Gasteiger partial charge is 0.245 e. The van der Waals surface area contributed by atoms with Crippen LogP contribution in [0.3, 0.4) is 0 Å². The van der Waals surface area contributed by atoms with E-state index in [2.05, 4.69) is 12.1 Å². The topological polar surface area (TPSA) is 59.1 Å². The monoisotopic (exact) mass is 436 g/mol. The van der Waals surface area contributed by atoms with E-state index >= 15 is 0 Å². The van der Waals surface area contributed by atoms with Gasteiger partial charge in [0.25, 0.3) is 0 Å². The number of rotatable bonds is 8. The van der Waals surface area contributed by atoms with Crippen molar-refractivity contribution in [2.45, 2.75) is 50.7 Å². The van der Waals surface area contributed by atoms with Gasteiger partial charge in [-0.25, -0.2) is 0 Å². The minimum absolute atomic E-state index is 0.0320. The molecule has 6 nitrogen and oxygen atoms in total. The van der Waals surface area contributed by atoms with Gasteiger partial charge in [-0.1, -0.05) is 42.5 Å². The molecule has 0 saturated carbocycles. The summed E-state index contributed by atoms with van der Waals surface area (Å²) in [6, 6.07) is 17.2. The fraction of sp³-hybridized carbons (Fsp3) is 0.462. The maximum Gasteiger partial charge on any atom is 0.245 e. The Balaban J connectivity index is 1.43. The van der Waals surface area contributed by atoms with Crippen molar-refractivity contribution in [3.05, 3.63) is 60.2 Å². The van der Waals surface area contributed by atoms with Gasteiger partial charge in [0.2, 0.25) is 11.8 Å². The Morgan fingerprint density at radius 2 is 1.66 bits per heavy atom. The molecule has 0 bridgehead atoms. The van der Waals surface area contributed by atoms with Gasteiger partial charge in [-0.3, -0.25) is 9.59 Å². The summed E-state index contributed by atoms with van der Waals surface area (Å²) in [5.41, 5.74) is 1.23. The van der Waals surface area contributed by atoms with Gasteiger partial charge in [0.05, 0.1) is 13.7 Å². The van der Waals surface area contributed by atoms with Crippen LogP contribution in [-0.2, 0) is 16.0 Å². The highest BCUT2D eigenvalue weighted by atomic mass is 16.5. The first-order valence-corrected chi connectivity index (χ1v) is 11.6. The lowest BCUT2D eigenvalue weighted by molar-refractivity contribution is -0.143. The average molecular weight is 437 g/mol. The fourth-order valence-electron chi connectivity index (χ4n) is 4.67. The van der Waals surface area contributed by atoms with Crippen molar-refractivity contribution in [1.29, 1.82) is 0 Å². The average Bonchev–Trinajstić information content (AvgIpc) is 3.50. The number of methoxy groups -OCH3 is 1. The molecule has 0 aliphatic carbocycles. The molecule has 2 atom stereocenters. The normalized spacial score (nSPS) is 20.4. The number of para-hydroxylation sites is 2. The number of hydrogen-bond acceptors (Lipinski definition) is 4. The van der Waals surface area contributed by atoms with Crippen molar-refractivity contribution >= 4 is 11.8 Å². The van der Waals surface area contributed by atoms with Crippen LogP contribution < -0.4 is 9.47 Å². The second kappa shape index (κ2) is 10.5. The van der Waals surface area contributed by atoms with Gasteiger partial charge in [-0.05, 0) is 43.4 Å². The first-order valence-electron chi connectivity index (χ1n) is 11.6. The van der Waals surface area contributed by atoms with Crippen LogP contribution >= 0.6 is 0 Å². The maximum atomic E-state index is 13.2. The first kappa shape index (κ1) is 22.2. The molecule has 2 saturated heterocycles. The van der Waals surface area contributed by atoms with Gasteiger partial charge in [0.1, 0.15) is 12.1 Å². The highest BCUT2D eigenvalue weighted by Crippen LogP contribution is 2.31. The molecule has 2 aromatic rings. The van der Waals surface area contributed by atoms with E-state index in [1.54, 1.807) is 12.0 Å². The molecule has 32 heavy (non-hydrogen) atoms. The van der Waals surface area contributed by atoms with E-state index in [4.69, 9.17) is 9.47 Å². The molecule has 6 heteroatoms. The highest BCUT2D eigenvalue weighted by molar-refractivity contribution is 5.88. The number of aryl methyl sites for hydroxylation is 1. The van der Waals surface area contributed by atoms with Crippen molar-refractivity contribution in [1.82, 2.24) is 9.80 Å². The van der Waals surface area contributed by atoms with E-state index in [0.717, 1.165) is 38.8 Å². The standard InChI is InChI=1S/C26H32N2O4/c1-31-23-13-5-6-14-24(23)32-21-18-22(26(30)27-16-7-8-17-27)28(19-21)25(29)15-9-12-20-10-3-2-4-11-20/h2-6,10-11,13-14,21-22H,7-9,12,15-19H2,1H3/t21-,22-/m0/s1. The summed E-state index contributed by atoms with van der Waals surface area (Å²) in [5, 5.41) is 0. The maximum absolute atomic E-state index is 13.2. The van der Waals surface area contributed by atoms with E-state index in [9.17, 15) is 9.59 Å². The lowest BCUT2D eigenvalue weighted by Crippen LogP contribution is -2.46. The Kier molecular flexibility index (Phi) is 7.30. The van der Waals surface area contributed by atoms with E-state index in [-0.39, 0.29) is 17.9 Å². The van der Waals surface area contributed by atoms with Crippen LogP contribution in [0.4, 0.5) is 0 Å². The van der Waals surface area contributed by atoms with Crippen LogP contribution in [0.2, 0.25) is 0 Å². The van der Waals surface area contributed by atoms with Crippen LogP contribution in [0.25, 0.3) is 0 Å². The third-order valence-electron chi connectivity index (χ3n) is 6.35. The molecule has 170 valence electrons. The van der Waals surface area contributed by atoms with Gasteiger partial charge in [0, 0.05) is 25.9 Å². The zero-order valence-electron chi connectivity index (χ0n) is 18.7. The van der Waals surface area contributed by atoms with Gasteiger partial charge >= 0.3 is 0 Å². The van der Waals surface area contributed by atoms with Crippen molar-refractivity contribution in [2.24, 2.45) is 0 Å². The van der Waals surface area contributed by atoms with Gasteiger partial charge < -0.3 is 19.3 Å². The summed E-state index contributed by atoms with van der Waals surface area (Å²) in [6.45, 7) is 1.99. The molecule has 2 aromatic carbocycles. The van der Waals surface area contributed by atoms with Crippen LogP contribution in [0.1, 0.15) is 37.7 Å². The lowest BCUT2D eigenvalue weighted by Gasteiger charge is -2.27. The summed E-state index contributed by atoms with van der Waals surface area (Å²) in [4.78, 5) is 30.1. The van der Waals surface area contributed by atoms with Crippen molar-refractivity contribution in [3.8, 4) is 11.5 Å². The molecular weight excluding hydrogens is 404 g/mol. The van der Waals surface area contributed by atoms with Crippen LogP contribution in [0.15, 0.2) is 54.6 Å². The Morgan fingerprint density at radius 1 is 0.969 bits per heavy atom. The molecule has 0 aromatic heterocycles. The molecule has 0 unspecified atom stereocenters. The summed E-state index contributed by atoms with van der Waals surface area (Å²) in [5.74, 6) is 1.39. The molecule has 0 N–H and O–H groups in total. The SMILES string of the molecule is COc1ccccc1O[C@H]1C[C@@H](C(=O)N2CCCC2)N(C(=O)CCCc2ccccc2)C1. The highest BCUT2D eigenvalue weighted by Gasteiger charge is 2.42. The van der Waals surface area contributed by atoms with Crippen LogP contribution in [0.5, 0.6) is 11.5 Å². The molecular formula is C26H32N2O4. The number of carbonyl (C=O) groups excluding carboxylic acids is 2. The quantitative estimate of drug-likeness (QED) is 0.633. The number of hydrogen-bond donors (Lipinski definition) is 0. The zero-order chi connectivity index (χ0) is 22.3. The largest absolute Gasteiger partial charge is 0.493 e. The first-order chi connectivity index (χ1) is 15.7. The summed E-state index contributed by atoms with van der Waals surface area (Å²) in [7, 11) is 1.61.